The molecular formula is C19H42N6O. The molecule has 0 aromatic heterocycles. The molecule has 0 bridgehead atoms. The number of piperazine rings is 1. The van der Waals surface area contributed by atoms with E-state index < -0.39 is 0 Å². The van der Waals surface area contributed by atoms with Crippen LogP contribution in [0.25, 0.3) is 0 Å². The lowest BCUT2D eigenvalue weighted by atomic mass is 10.1. The lowest BCUT2D eigenvalue weighted by Crippen LogP contribution is -2.49. The van der Waals surface area contributed by atoms with Crippen molar-refractivity contribution in [2.45, 2.75) is 20.3 Å². The summed E-state index contributed by atoms with van der Waals surface area (Å²) in [6, 6.07) is 0. The molecule has 0 aromatic rings. The van der Waals surface area contributed by atoms with Crippen molar-refractivity contribution in [3.8, 4) is 0 Å². The SMILES string of the molecule is CCN1CCN(CC(C)CNC(=NC)NCCN(C)CCCOC)CC1. The number of likely N-dealkylation sites (N-methyl/N-ethyl adjacent to an activating group) is 2. The molecule has 1 heterocycles. The van der Waals surface area contributed by atoms with E-state index in [2.05, 4.69) is 51.2 Å². The van der Waals surface area contributed by atoms with E-state index in [1.165, 1.54) is 32.7 Å². The van der Waals surface area contributed by atoms with Crippen LogP contribution in [0, 0.1) is 5.92 Å². The first-order valence-electron chi connectivity index (χ1n) is 10.2. The lowest BCUT2D eigenvalue weighted by Gasteiger charge is -2.35. The van der Waals surface area contributed by atoms with E-state index in [0.29, 0.717) is 5.92 Å². The van der Waals surface area contributed by atoms with Gasteiger partial charge in [-0.05, 0) is 25.9 Å². The van der Waals surface area contributed by atoms with E-state index >= 15 is 0 Å². The Morgan fingerprint density at radius 2 is 1.85 bits per heavy atom. The molecule has 1 saturated heterocycles. The highest BCUT2D eigenvalue weighted by Crippen LogP contribution is 2.05. The second-order valence-electron chi connectivity index (χ2n) is 7.37. The zero-order chi connectivity index (χ0) is 19.2. The van der Waals surface area contributed by atoms with Crippen LogP contribution in [0.15, 0.2) is 4.99 Å². The monoisotopic (exact) mass is 370 g/mol. The van der Waals surface area contributed by atoms with Gasteiger partial charge in [0.25, 0.3) is 0 Å². The molecule has 0 aliphatic carbocycles. The Labute approximate surface area is 161 Å². The number of guanidine groups is 1. The molecule has 0 amide bonds. The van der Waals surface area contributed by atoms with Gasteiger partial charge in [-0.25, -0.2) is 0 Å². The molecule has 7 heteroatoms. The van der Waals surface area contributed by atoms with Gasteiger partial charge < -0.3 is 30.1 Å². The number of nitrogens with zero attached hydrogens (tertiary/aromatic N) is 4. The molecule has 7 nitrogen and oxygen atoms in total. The van der Waals surface area contributed by atoms with Crippen LogP contribution in [0.3, 0.4) is 0 Å². The number of rotatable bonds is 12. The Bertz CT molecular complexity index is 371. The average Bonchev–Trinajstić information content (AvgIpc) is 2.65. The summed E-state index contributed by atoms with van der Waals surface area (Å²) in [5.74, 6) is 1.51. The van der Waals surface area contributed by atoms with Gasteiger partial charge in [-0.15, -0.1) is 0 Å². The molecule has 26 heavy (non-hydrogen) atoms. The van der Waals surface area contributed by atoms with Crippen LogP contribution in [-0.4, -0.2) is 114 Å². The number of hydrogen-bond donors (Lipinski definition) is 2. The van der Waals surface area contributed by atoms with Crippen LogP contribution in [0.2, 0.25) is 0 Å². The van der Waals surface area contributed by atoms with E-state index in [4.69, 9.17) is 4.74 Å². The van der Waals surface area contributed by atoms with E-state index in [1.54, 1.807) is 7.11 Å². The quantitative estimate of drug-likeness (QED) is 0.295. The maximum absolute atomic E-state index is 5.09. The predicted molar refractivity (Wildman–Crippen MR) is 111 cm³/mol. The maximum Gasteiger partial charge on any atom is 0.191 e. The number of hydrogen-bond acceptors (Lipinski definition) is 5. The topological polar surface area (TPSA) is 55.4 Å². The molecule has 0 aromatic carbocycles. The van der Waals surface area contributed by atoms with Gasteiger partial charge in [0, 0.05) is 79.7 Å². The van der Waals surface area contributed by atoms with Crippen LogP contribution in [-0.2, 0) is 4.74 Å². The fraction of sp³-hybridized carbons (Fsp3) is 0.947. The molecule has 1 rings (SSSR count). The summed E-state index contributed by atoms with van der Waals surface area (Å²) in [7, 11) is 5.74. The van der Waals surface area contributed by atoms with Gasteiger partial charge in [0.15, 0.2) is 5.96 Å². The zero-order valence-corrected chi connectivity index (χ0v) is 17.8. The molecule has 1 fully saturated rings. The van der Waals surface area contributed by atoms with E-state index in [0.717, 1.165) is 51.7 Å². The summed E-state index contributed by atoms with van der Waals surface area (Å²) >= 11 is 0. The molecule has 0 radical (unpaired) electrons. The largest absolute Gasteiger partial charge is 0.385 e. The fourth-order valence-electron chi connectivity index (χ4n) is 3.24. The predicted octanol–water partition coefficient (Wildman–Crippen LogP) is 0.393. The second kappa shape index (κ2) is 14.2. The number of nitrogens with one attached hydrogen (secondary N) is 2. The third-order valence-corrected chi connectivity index (χ3v) is 5.00. The fourth-order valence-corrected chi connectivity index (χ4v) is 3.24. The van der Waals surface area contributed by atoms with E-state index in [9.17, 15) is 0 Å². The van der Waals surface area contributed by atoms with Gasteiger partial charge in [-0.2, -0.15) is 0 Å². The van der Waals surface area contributed by atoms with Gasteiger partial charge in [-0.3, -0.25) is 4.99 Å². The third-order valence-electron chi connectivity index (χ3n) is 5.00. The van der Waals surface area contributed by atoms with Gasteiger partial charge in [0.1, 0.15) is 0 Å². The van der Waals surface area contributed by atoms with Crippen LogP contribution in [0.4, 0.5) is 0 Å². The highest BCUT2D eigenvalue weighted by Gasteiger charge is 2.17. The molecule has 154 valence electrons. The Hall–Kier alpha value is -0.890. The first-order valence-corrected chi connectivity index (χ1v) is 10.2. The lowest BCUT2D eigenvalue weighted by molar-refractivity contribution is 0.124. The third kappa shape index (κ3) is 10.3. The minimum Gasteiger partial charge on any atom is -0.385 e. The second-order valence-corrected chi connectivity index (χ2v) is 7.37. The van der Waals surface area contributed by atoms with Crippen molar-refractivity contribution in [3.05, 3.63) is 0 Å². The smallest absolute Gasteiger partial charge is 0.191 e. The van der Waals surface area contributed by atoms with Crippen LogP contribution < -0.4 is 10.6 Å². The molecule has 0 spiro atoms. The highest BCUT2D eigenvalue weighted by molar-refractivity contribution is 5.79. The van der Waals surface area contributed by atoms with Crippen LogP contribution >= 0.6 is 0 Å². The number of aliphatic imine (C=N–C) groups is 1. The summed E-state index contributed by atoms with van der Waals surface area (Å²) < 4.78 is 5.09. The number of methoxy groups -OCH3 is 1. The molecule has 1 atom stereocenters. The number of ether oxygens (including phenoxy) is 1. The molecule has 2 N–H and O–H groups in total. The maximum atomic E-state index is 5.09. The first kappa shape index (κ1) is 23.1. The van der Waals surface area contributed by atoms with E-state index in [-0.39, 0.29) is 0 Å². The van der Waals surface area contributed by atoms with Crippen molar-refractivity contribution >= 4 is 5.96 Å². The minimum atomic E-state index is 0.610. The minimum absolute atomic E-state index is 0.610. The van der Waals surface area contributed by atoms with Crippen molar-refractivity contribution in [2.75, 3.05) is 93.3 Å². The summed E-state index contributed by atoms with van der Waals surface area (Å²) in [6.07, 6.45) is 1.07. The summed E-state index contributed by atoms with van der Waals surface area (Å²) in [5.41, 5.74) is 0. The van der Waals surface area contributed by atoms with E-state index in [1.807, 2.05) is 7.05 Å². The van der Waals surface area contributed by atoms with Crippen LogP contribution in [0.5, 0.6) is 0 Å². The van der Waals surface area contributed by atoms with Crippen molar-refractivity contribution in [1.29, 1.82) is 0 Å². The van der Waals surface area contributed by atoms with Crippen molar-refractivity contribution < 1.29 is 4.74 Å². The Morgan fingerprint density at radius 3 is 2.46 bits per heavy atom. The van der Waals surface area contributed by atoms with Gasteiger partial charge in [0.05, 0.1) is 0 Å². The van der Waals surface area contributed by atoms with Gasteiger partial charge in [-0.1, -0.05) is 13.8 Å². The standard InChI is InChI=1S/C19H42N6O/c1-6-24-11-13-25(14-12-24)17-18(2)16-22-19(20-3)21-8-10-23(4)9-7-15-26-5/h18H,6-17H2,1-5H3,(H2,20,21,22). The first-order chi connectivity index (χ1) is 12.6. The Kier molecular flexibility index (Phi) is 12.6. The molecule has 0 saturated carbocycles. The normalized spacial score (nSPS) is 18.3. The van der Waals surface area contributed by atoms with Gasteiger partial charge >= 0.3 is 0 Å². The average molecular weight is 371 g/mol. The highest BCUT2D eigenvalue weighted by atomic mass is 16.5. The molecule has 1 aliphatic rings. The van der Waals surface area contributed by atoms with Crippen molar-refractivity contribution in [2.24, 2.45) is 10.9 Å². The van der Waals surface area contributed by atoms with Crippen molar-refractivity contribution in [1.82, 2.24) is 25.3 Å². The summed E-state index contributed by atoms with van der Waals surface area (Å²) in [5, 5.41) is 6.88. The molecule has 1 aliphatic heterocycles. The van der Waals surface area contributed by atoms with Crippen molar-refractivity contribution in [3.63, 3.8) is 0 Å². The van der Waals surface area contributed by atoms with Gasteiger partial charge in [0.2, 0.25) is 0 Å². The molecular weight excluding hydrogens is 328 g/mol. The zero-order valence-electron chi connectivity index (χ0n) is 17.8. The Morgan fingerprint density at radius 1 is 1.15 bits per heavy atom. The van der Waals surface area contributed by atoms with Crippen LogP contribution in [0.1, 0.15) is 20.3 Å². The Balaban J connectivity index is 2.13. The summed E-state index contributed by atoms with van der Waals surface area (Å²) in [4.78, 5) is 11.8. The molecule has 1 unspecified atom stereocenters. The summed E-state index contributed by atoms with van der Waals surface area (Å²) in [6.45, 7) is 16.4.